The molecule has 8 rings (SSSR count). The summed E-state index contributed by atoms with van der Waals surface area (Å²) in [6.07, 6.45) is 11.9. The van der Waals surface area contributed by atoms with Crippen molar-refractivity contribution in [2.45, 2.75) is 121 Å². The van der Waals surface area contributed by atoms with Crippen LogP contribution in [-0.2, 0) is 36.9 Å². The number of methoxy groups -OCH3 is 1. The second kappa shape index (κ2) is 21.9. The standard InChI is InChI=1S/C49H62N8O8.ClH/c1-4-38-49(63)54(2)40-29-50-43(52-46(40)57(38)34-10-5-6-11-34)28-33-16-15-32(27-42(33)64-3)41(58)26-31-19-21-55(22-20-31)23-25-65-24-8-7-14-44(59)51-37-13-9-12-35-36(37)30-56(48(35)62)39-17-18-45(60)53-47(39)61;/h9,12-13,15-16,27,29,31,34,38-39H,4-8,10-11,14,17-26,28,30H2,1-3H3,(H,51,59)(H,53,60,61);1H/t38-,39?;/m1./s1. The number of Topliss-reactive ketones (excluding diaryl/α,β-unsaturated/α-hetero) is 1. The maximum Gasteiger partial charge on any atom is 0.255 e. The van der Waals surface area contributed by atoms with E-state index in [0.29, 0.717) is 91.2 Å². The van der Waals surface area contributed by atoms with Crippen LogP contribution in [0.15, 0.2) is 42.6 Å². The van der Waals surface area contributed by atoms with Crippen LogP contribution in [0.1, 0.15) is 128 Å². The molecule has 3 aromatic rings. The molecule has 5 amide bonds. The highest BCUT2D eigenvalue weighted by Crippen LogP contribution is 2.40. The van der Waals surface area contributed by atoms with E-state index in [1.807, 2.05) is 25.2 Å². The minimum Gasteiger partial charge on any atom is -0.496 e. The van der Waals surface area contributed by atoms with Gasteiger partial charge in [0.1, 0.15) is 29.3 Å². The third kappa shape index (κ3) is 10.7. The number of hydrogen-bond donors (Lipinski definition) is 2. The Morgan fingerprint density at radius 2 is 1.76 bits per heavy atom. The Bertz CT molecular complexity index is 2300. The molecule has 5 heterocycles. The summed E-state index contributed by atoms with van der Waals surface area (Å²) in [6, 6.07) is 10.2. The van der Waals surface area contributed by atoms with E-state index < -0.39 is 11.9 Å². The van der Waals surface area contributed by atoms with Crippen molar-refractivity contribution in [3.8, 4) is 5.75 Å². The Labute approximate surface area is 392 Å². The molecular formula is C49H63ClN8O8. The Morgan fingerprint density at radius 1 is 0.970 bits per heavy atom. The molecule has 16 nitrogen and oxygen atoms in total. The zero-order valence-electron chi connectivity index (χ0n) is 38.4. The van der Waals surface area contributed by atoms with E-state index in [1.165, 1.54) is 4.90 Å². The molecule has 1 aliphatic carbocycles. The average Bonchev–Trinajstić information content (AvgIpc) is 3.96. The van der Waals surface area contributed by atoms with Crippen molar-refractivity contribution in [1.82, 2.24) is 25.1 Å². The number of anilines is 3. The van der Waals surface area contributed by atoms with Crippen LogP contribution in [0.25, 0.3) is 0 Å². The van der Waals surface area contributed by atoms with Gasteiger partial charge in [-0.1, -0.05) is 38.0 Å². The molecule has 66 heavy (non-hydrogen) atoms. The maximum atomic E-state index is 13.5. The molecule has 0 bridgehead atoms. The molecule has 0 spiro atoms. The van der Waals surface area contributed by atoms with Crippen LogP contribution in [0, 0.1) is 5.92 Å². The largest absolute Gasteiger partial charge is 0.496 e. The fourth-order valence-electron chi connectivity index (χ4n) is 10.2. The van der Waals surface area contributed by atoms with Gasteiger partial charge in [0.25, 0.3) is 5.91 Å². The number of likely N-dealkylation sites (tertiary alicyclic amines) is 1. The number of ketones is 1. The molecule has 17 heteroatoms. The summed E-state index contributed by atoms with van der Waals surface area (Å²) >= 11 is 0. The van der Waals surface area contributed by atoms with Crippen LogP contribution >= 0.6 is 12.4 Å². The van der Waals surface area contributed by atoms with Crippen molar-refractivity contribution in [1.29, 1.82) is 0 Å². The zero-order valence-corrected chi connectivity index (χ0v) is 39.2. The average molecular weight is 928 g/mol. The number of piperidine rings is 2. The molecule has 1 unspecified atom stereocenters. The summed E-state index contributed by atoms with van der Waals surface area (Å²) in [7, 11) is 3.43. The first-order valence-corrected chi connectivity index (χ1v) is 23.5. The van der Waals surface area contributed by atoms with Crippen molar-refractivity contribution in [2.75, 3.05) is 62.1 Å². The number of nitrogens with one attached hydrogen (secondary N) is 2. The SMILES string of the molecule is CC[C@@H]1C(=O)N(C)c2cnc(Cc3ccc(C(=O)CC4CCN(CCOCCCCC(=O)Nc5cccc6c5CN(C5CCC(=O)NC5=O)C6=O)CC4)cc3OC)nc2N1C1CCCC1.Cl. The highest BCUT2D eigenvalue weighted by molar-refractivity contribution is 6.07. The molecule has 2 N–H and O–H groups in total. The van der Waals surface area contributed by atoms with Crippen molar-refractivity contribution in [2.24, 2.45) is 5.92 Å². The molecule has 3 fully saturated rings. The van der Waals surface area contributed by atoms with Gasteiger partial charge in [-0.15, -0.1) is 12.4 Å². The number of aromatic nitrogens is 2. The lowest BCUT2D eigenvalue weighted by Crippen LogP contribution is -2.55. The van der Waals surface area contributed by atoms with Gasteiger partial charge in [-0.2, -0.15) is 0 Å². The van der Waals surface area contributed by atoms with Gasteiger partial charge in [0, 0.05) is 86.4 Å². The van der Waals surface area contributed by atoms with E-state index in [9.17, 15) is 28.8 Å². The molecule has 2 aromatic carbocycles. The minimum atomic E-state index is -0.711. The van der Waals surface area contributed by atoms with Crippen LogP contribution < -0.4 is 25.2 Å². The van der Waals surface area contributed by atoms with Crippen molar-refractivity contribution in [3.63, 3.8) is 0 Å². The number of rotatable bonds is 18. The minimum absolute atomic E-state index is 0. The highest BCUT2D eigenvalue weighted by atomic mass is 35.5. The number of fused-ring (bicyclic) bond motifs is 2. The Balaban J connectivity index is 0.00000648. The smallest absolute Gasteiger partial charge is 0.255 e. The maximum absolute atomic E-state index is 13.5. The molecule has 1 aromatic heterocycles. The van der Waals surface area contributed by atoms with E-state index in [0.717, 1.165) is 81.6 Å². The summed E-state index contributed by atoms with van der Waals surface area (Å²) in [5, 5.41) is 5.26. The third-order valence-corrected chi connectivity index (χ3v) is 14.0. The number of amides is 5. The van der Waals surface area contributed by atoms with Crippen LogP contribution in [0.3, 0.4) is 0 Å². The van der Waals surface area contributed by atoms with Crippen molar-refractivity contribution in [3.05, 3.63) is 70.7 Å². The number of nitrogens with zero attached hydrogens (tertiary/aromatic N) is 6. The van der Waals surface area contributed by atoms with Gasteiger partial charge < -0.3 is 34.4 Å². The van der Waals surface area contributed by atoms with Gasteiger partial charge in [0.2, 0.25) is 23.6 Å². The van der Waals surface area contributed by atoms with E-state index >= 15 is 0 Å². The lowest BCUT2D eigenvalue weighted by molar-refractivity contribution is -0.137. The summed E-state index contributed by atoms with van der Waals surface area (Å²) in [4.78, 5) is 94.4. The first kappa shape index (κ1) is 48.5. The third-order valence-electron chi connectivity index (χ3n) is 14.0. The second-order valence-corrected chi connectivity index (χ2v) is 18.1. The lowest BCUT2D eigenvalue weighted by atomic mass is 9.89. The predicted octanol–water partition coefficient (Wildman–Crippen LogP) is 5.87. The van der Waals surface area contributed by atoms with E-state index in [2.05, 4.69) is 32.3 Å². The highest BCUT2D eigenvalue weighted by Gasteiger charge is 2.42. The molecule has 2 saturated heterocycles. The summed E-state index contributed by atoms with van der Waals surface area (Å²) in [6.45, 7) is 6.04. The predicted molar refractivity (Wildman–Crippen MR) is 251 cm³/mol. The second-order valence-electron chi connectivity index (χ2n) is 18.1. The van der Waals surface area contributed by atoms with E-state index in [1.54, 1.807) is 36.4 Å². The number of likely N-dealkylation sites (N-methyl/N-ethyl adjacent to an activating group) is 1. The number of benzene rings is 2. The fourth-order valence-corrected chi connectivity index (χ4v) is 10.2. The molecule has 0 radical (unpaired) electrons. The first-order valence-electron chi connectivity index (χ1n) is 23.5. The number of carbonyl (C=O) groups is 6. The van der Waals surface area contributed by atoms with Crippen LogP contribution in [0.5, 0.6) is 5.75 Å². The monoisotopic (exact) mass is 926 g/mol. The molecule has 354 valence electrons. The van der Waals surface area contributed by atoms with E-state index in [-0.39, 0.29) is 67.2 Å². The number of hydrogen-bond acceptors (Lipinski definition) is 12. The molecular weight excluding hydrogens is 864 g/mol. The van der Waals surface area contributed by atoms with Crippen LogP contribution in [0.2, 0.25) is 0 Å². The molecule has 4 aliphatic heterocycles. The number of unbranched alkanes of at least 4 members (excludes halogenated alkanes) is 1. The Kier molecular flexibility index (Phi) is 16.1. The van der Waals surface area contributed by atoms with E-state index in [4.69, 9.17) is 14.5 Å². The topological polar surface area (TPSA) is 184 Å². The van der Waals surface area contributed by atoms with Crippen LogP contribution in [-0.4, -0.2) is 120 Å². The summed E-state index contributed by atoms with van der Waals surface area (Å²) < 4.78 is 11.7. The van der Waals surface area contributed by atoms with Gasteiger partial charge in [-0.05, 0) is 88.6 Å². The van der Waals surface area contributed by atoms with Gasteiger partial charge >= 0.3 is 0 Å². The van der Waals surface area contributed by atoms with Gasteiger partial charge in [-0.3, -0.25) is 34.1 Å². The number of halogens is 1. The number of imide groups is 1. The molecule has 2 atom stereocenters. The van der Waals surface area contributed by atoms with Crippen molar-refractivity contribution >= 4 is 64.9 Å². The van der Waals surface area contributed by atoms with Gasteiger partial charge in [0.15, 0.2) is 11.6 Å². The van der Waals surface area contributed by atoms with Crippen molar-refractivity contribution < 1.29 is 38.2 Å². The Morgan fingerprint density at radius 3 is 2.50 bits per heavy atom. The molecule has 1 saturated carbocycles. The normalized spacial score (nSPS) is 20.3. The summed E-state index contributed by atoms with van der Waals surface area (Å²) in [5.74, 6) is 1.39. The van der Waals surface area contributed by atoms with Gasteiger partial charge in [-0.25, -0.2) is 9.97 Å². The zero-order chi connectivity index (χ0) is 45.6. The first-order chi connectivity index (χ1) is 31.5. The molecule has 5 aliphatic rings. The van der Waals surface area contributed by atoms with Gasteiger partial charge in [0.05, 0.1) is 19.9 Å². The number of carbonyl (C=O) groups excluding carboxylic acids is 6. The lowest BCUT2D eigenvalue weighted by Gasteiger charge is -2.43. The quantitative estimate of drug-likeness (QED) is 0.0881. The van der Waals surface area contributed by atoms with Crippen LogP contribution in [0.4, 0.5) is 17.2 Å². The summed E-state index contributed by atoms with van der Waals surface area (Å²) in [5.41, 5.74) is 3.99. The Hall–Kier alpha value is -5.45. The number of ether oxygens (including phenoxy) is 2. The fraction of sp³-hybridized carbons (Fsp3) is 0.551.